The van der Waals surface area contributed by atoms with Gasteiger partial charge in [0, 0.05) is 12.2 Å². The van der Waals surface area contributed by atoms with E-state index < -0.39 is 0 Å². The zero-order chi connectivity index (χ0) is 10.8. The maximum absolute atomic E-state index is 11.8. The number of carbonyl (C=O) groups is 1. The molecule has 3 heteroatoms. The molecule has 1 fully saturated rings. The molecule has 2 unspecified atom stereocenters. The molecule has 0 aromatic heterocycles. The van der Waals surface area contributed by atoms with Gasteiger partial charge < -0.3 is 4.90 Å². The van der Waals surface area contributed by atoms with E-state index in [2.05, 4.69) is 16.2 Å². The molecule has 2 atom stereocenters. The lowest BCUT2D eigenvalue weighted by Crippen LogP contribution is -2.52. The Hall–Kier alpha value is -0.880. The van der Waals surface area contributed by atoms with Gasteiger partial charge in [0.15, 0.2) is 0 Å². The van der Waals surface area contributed by atoms with Crippen LogP contribution in [0.4, 0.5) is 5.69 Å². The summed E-state index contributed by atoms with van der Waals surface area (Å²) in [4.78, 5) is 13.6. The molecule has 1 heterocycles. The molecular formula is C12H16NOP. The zero-order valence-corrected chi connectivity index (χ0v) is 10.1. The second-order valence-electron chi connectivity index (χ2n) is 4.03. The zero-order valence-electron chi connectivity index (χ0n) is 8.94. The van der Waals surface area contributed by atoms with Crippen molar-refractivity contribution in [3.8, 4) is 0 Å². The van der Waals surface area contributed by atoms with Gasteiger partial charge >= 0.3 is 0 Å². The molecule has 1 saturated heterocycles. The minimum absolute atomic E-state index is 0.269. The first-order valence-corrected chi connectivity index (χ1v) is 5.97. The summed E-state index contributed by atoms with van der Waals surface area (Å²) in [5.41, 5.74) is 1.03. The van der Waals surface area contributed by atoms with E-state index in [1.165, 1.54) is 0 Å². The van der Waals surface area contributed by atoms with E-state index in [0.29, 0.717) is 0 Å². The van der Waals surface area contributed by atoms with Crippen LogP contribution in [0.3, 0.4) is 0 Å². The van der Waals surface area contributed by atoms with Crippen molar-refractivity contribution in [3.63, 3.8) is 0 Å². The highest BCUT2D eigenvalue weighted by molar-refractivity contribution is 7.27. The predicted molar refractivity (Wildman–Crippen MR) is 66.5 cm³/mol. The summed E-state index contributed by atoms with van der Waals surface area (Å²) < 4.78 is 0. The van der Waals surface area contributed by atoms with Crippen LogP contribution in [0.1, 0.15) is 19.8 Å². The Morgan fingerprint density at radius 1 is 1.40 bits per heavy atom. The lowest BCUT2D eigenvalue weighted by atomic mass is 9.93. The Morgan fingerprint density at radius 2 is 2.07 bits per heavy atom. The highest BCUT2D eigenvalue weighted by Crippen LogP contribution is 2.28. The number of β-lactam (4-membered cyclic amide) rings is 1. The molecule has 0 radical (unpaired) electrons. The predicted octanol–water partition coefficient (Wildman–Crippen LogP) is 1.95. The van der Waals surface area contributed by atoms with Crippen LogP contribution in [-0.2, 0) is 4.79 Å². The number of benzene rings is 1. The molecule has 1 aliphatic rings. The third-order valence-corrected chi connectivity index (χ3v) is 3.25. The third-order valence-electron chi connectivity index (χ3n) is 2.86. The van der Waals surface area contributed by atoms with E-state index in [1.54, 1.807) is 0 Å². The maximum Gasteiger partial charge on any atom is 0.231 e. The standard InChI is InChI=1S/C12H16NOP/c1-2-3-9-8-13(12(9)14)10-4-6-11(15)7-5-10/h4-7,9H,2-3,8,15H2,1H3. The van der Waals surface area contributed by atoms with E-state index in [4.69, 9.17) is 0 Å². The summed E-state index contributed by atoms with van der Waals surface area (Å²) in [6.45, 7) is 3.02. The number of rotatable bonds is 3. The molecule has 2 rings (SSSR count). The Bertz CT molecular complexity index is 360. The Morgan fingerprint density at radius 3 is 2.60 bits per heavy atom. The van der Waals surface area contributed by atoms with Crippen molar-refractivity contribution in [1.29, 1.82) is 0 Å². The fraction of sp³-hybridized carbons (Fsp3) is 0.417. The van der Waals surface area contributed by atoms with E-state index in [0.717, 1.165) is 30.4 Å². The van der Waals surface area contributed by atoms with Gasteiger partial charge in [-0.15, -0.1) is 9.24 Å². The first-order chi connectivity index (χ1) is 7.22. The minimum atomic E-state index is 0.269. The van der Waals surface area contributed by atoms with Gasteiger partial charge in [0.1, 0.15) is 0 Å². The number of nitrogens with zero attached hydrogens (tertiary/aromatic N) is 1. The van der Waals surface area contributed by atoms with Gasteiger partial charge in [0.25, 0.3) is 0 Å². The van der Waals surface area contributed by atoms with Crippen LogP contribution in [0.25, 0.3) is 0 Å². The molecule has 0 saturated carbocycles. The molecule has 1 aromatic carbocycles. The molecule has 1 aromatic rings. The summed E-state index contributed by atoms with van der Waals surface area (Å²) in [6.07, 6.45) is 2.12. The Labute approximate surface area is 92.9 Å². The Balaban J connectivity index is 2.03. The van der Waals surface area contributed by atoms with Crippen LogP contribution < -0.4 is 10.2 Å². The topological polar surface area (TPSA) is 20.3 Å². The normalized spacial score (nSPS) is 20.3. The van der Waals surface area contributed by atoms with Crippen LogP contribution >= 0.6 is 9.24 Å². The van der Waals surface area contributed by atoms with E-state index in [9.17, 15) is 4.79 Å². The van der Waals surface area contributed by atoms with Gasteiger partial charge in [0.2, 0.25) is 5.91 Å². The number of carbonyl (C=O) groups excluding carboxylic acids is 1. The number of hydrogen-bond acceptors (Lipinski definition) is 1. The molecule has 15 heavy (non-hydrogen) atoms. The fourth-order valence-electron chi connectivity index (χ4n) is 1.95. The fourth-order valence-corrected chi connectivity index (χ4v) is 2.14. The molecule has 0 N–H and O–H groups in total. The van der Waals surface area contributed by atoms with Gasteiger partial charge in [-0.3, -0.25) is 4.79 Å². The molecule has 80 valence electrons. The third kappa shape index (κ3) is 2.05. The van der Waals surface area contributed by atoms with Gasteiger partial charge in [0.05, 0.1) is 5.92 Å². The van der Waals surface area contributed by atoms with Crippen LogP contribution in [0.15, 0.2) is 24.3 Å². The summed E-state index contributed by atoms with van der Waals surface area (Å²) in [5, 5.41) is 1.15. The van der Waals surface area contributed by atoms with Crippen LogP contribution in [-0.4, -0.2) is 12.5 Å². The largest absolute Gasteiger partial charge is 0.311 e. The molecule has 0 bridgehead atoms. The average molecular weight is 221 g/mol. The molecule has 0 spiro atoms. The van der Waals surface area contributed by atoms with E-state index in [1.807, 2.05) is 29.2 Å². The van der Waals surface area contributed by atoms with Crippen molar-refractivity contribution in [2.75, 3.05) is 11.4 Å². The van der Waals surface area contributed by atoms with Gasteiger partial charge in [-0.2, -0.15) is 0 Å². The average Bonchev–Trinajstić information content (AvgIpc) is 2.25. The van der Waals surface area contributed by atoms with Crippen LogP contribution in [0.5, 0.6) is 0 Å². The maximum atomic E-state index is 11.8. The lowest BCUT2D eigenvalue weighted by Gasteiger charge is -2.38. The van der Waals surface area contributed by atoms with Crippen molar-refractivity contribution in [2.24, 2.45) is 5.92 Å². The van der Waals surface area contributed by atoms with Crippen molar-refractivity contribution in [1.82, 2.24) is 0 Å². The van der Waals surface area contributed by atoms with E-state index >= 15 is 0 Å². The number of amides is 1. The summed E-state index contributed by atoms with van der Waals surface area (Å²) >= 11 is 0. The number of hydrogen-bond donors (Lipinski definition) is 0. The highest BCUT2D eigenvalue weighted by atomic mass is 31.0. The second kappa shape index (κ2) is 4.32. The highest BCUT2D eigenvalue weighted by Gasteiger charge is 2.36. The minimum Gasteiger partial charge on any atom is -0.311 e. The van der Waals surface area contributed by atoms with Gasteiger partial charge in [-0.1, -0.05) is 25.5 Å². The van der Waals surface area contributed by atoms with Crippen LogP contribution in [0.2, 0.25) is 0 Å². The van der Waals surface area contributed by atoms with Crippen molar-refractivity contribution in [2.45, 2.75) is 19.8 Å². The molecule has 0 aliphatic carbocycles. The first kappa shape index (κ1) is 10.6. The summed E-state index contributed by atoms with van der Waals surface area (Å²) in [6, 6.07) is 8.03. The van der Waals surface area contributed by atoms with Crippen LogP contribution in [0, 0.1) is 5.92 Å². The van der Waals surface area contributed by atoms with Crippen molar-refractivity contribution >= 4 is 26.1 Å². The molecular weight excluding hydrogens is 205 g/mol. The second-order valence-corrected chi connectivity index (χ2v) is 4.69. The Kier molecular flexibility index (Phi) is 3.06. The van der Waals surface area contributed by atoms with Gasteiger partial charge in [-0.25, -0.2) is 0 Å². The van der Waals surface area contributed by atoms with Gasteiger partial charge in [-0.05, 0) is 23.9 Å². The number of anilines is 1. The molecule has 1 aliphatic heterocycles. The quantitative estimate of drug-likeness (QED) is 0.564. The summed E-state index contributed by atoms with van der Waals surface area (Å²) in [7, 11) is 2.65. The van der Waals surface area contributed by atoms with E-state index in [-0.39, 0.29) is 11.8 Å². The lowest BCUT2D eigenvalue weighted by molar-refractivity contribution is -0.127. The van der Waals surface area contributed by atoms with Crippen molar-refractivity contribution in [3.05, 3.63) is 24.3 Å². The molecule has 2 nitrogen and oxygen atoms in total. The summed E-state index contributed by atoms with van der Waals surface area (Å²) in [5.74, 6) is 0.555. The smallest absolute Gasteiger partial charge is 0.231 e. The monoisotopic (exact) mass is 221 g/mol. The molecule has 1 amide bonds. The first-order valence-electron chi connectivity index (χ1n) is 5.39. The SMILES string of the molecule is CCCC1CN(c2ccc(P)cc2)C1=O. The van der Waals surface area contributed by atoms with Crippen molar-refractivity contribution < 1.29 is 4.79 Å².